The third-order valence-electron chi connectivity index (χ3n) is 2.45. The first kappa shape index (κ1) is 12.9. The van der Waals surface area contributed by atoms with Crippen molar-refractivity contribution in [3.63, 3.8) is 0 Å². The number of carbonyl (C=O) groups excluding carboxylic acids is 1. The Kier molecular flexibility index (Phi) is 3.51. The minimum atomic E-state index is -0.215. The van der Waals surface area contributed by atoms with Gasteiger partial charge in [-0.15, -0.1) is 0 Å². The fourth-order valence-electron chi connectivity index (χ4n) is 1.69. The molecule has 0 saturated carbocycles. The summed E-state index contributed by atoms with van der Waals surface area (Å²) in [4.78, 5) is 12.0. The number of hydrogen-bond acceptors (Lipinski definition) is 1. The van der Waals surface area contributed by atoms with Crippen molar-refractivity contribution in [2.24, 2.45) is 5.41 Å². The van der Waals surface area contributed by atoms with Gasteiger partial charge in [0.05, 0.1) is 0 Å². The summed E-state index contributed by atoms with van der Waals surface area (Å²) in [6.07, 6.45) is 0.484. The van der Waals surface area contributed by atoms with Gasteiger partial charge in [-0.3, -0.25) is 4.79 Å². The molecular weight excluding hydrogens is 203 g/mol. The van der Waals surface area contributed by atoms with E-state index in [4.69, 9.17) is 0 Å². The van der Waals surface area contributed by atoms with Crippen molar-refractivity contribution in [1.29, 1.82) is 0 Å². The average Bonchev–Trinajstić information content (AvgIpc) is 2.10. The van der Waals surface area contributed by atoms with Crippen LogP contribution in [-0.4, -0.2) is 5.78 Å². The van der Waals surface area contributed by atoms with Crippen LogP contribution in [0.2, 0.25) is 0 Å². The van der Waals surface area contributed by atoms with Crippen molar-refractivity contribution in [3.05, 3.63) is 34.6 Å². The van der Waals surface area contributed by atoms with E-state index in [0.717, 1.165) is 0 Å². The highest BCUT2D eigenvalue weighted by Gasteiger charge is 2.18. The van der Waals surface area contributed by atoms with Crippen LogP contribution in [0.25, 0.3) is 0 Å². The maximum atomic E-state index is 13.4. The Labute approximate surface area is 96.7 Å². The minimum absolute atomic E-state index is 0.0344. The highest BCUT2D eigenvalue weighted by Crippen LogP contribution is 2.23. The molecule has 0 saturated heterocycles. The van der Waals surface area contributed by atoms with Crippen LogP contribution in [0.3, 0.4) is 0 Å². The lowest BCUT2D eigenvalue weighted by Gasteiger charge is -2.17. The molecule has 0 aromatic heterocycles. The molecule has 0 radical (unpaired) electrons. The van der Waals surface area contributed by atoms with Gasteiger partial charge in [0, 0.05) is 12.0 Å². The maximum Gasteiger partial charge on any atom is 0.163 e. The normalized spacial score (nSPS) is 11.6. The molecule has 1 nitrogen and oxygen atoms in total. The van der Waals surface area contributed by atoms with Crippen LogP contribution in [0.15, 0.2) is 12.1 Å². The lowest BCUT2D eigenvalue weighted by Crippen LogP contribution is -2.13. The summed E-state index contributed by atoms with van der Waals surface area (Å²) in [5.74, 6) is -0.133. The smallest absolute Gasteiger partial charge is 0.163 e. The second-order valence-corrected chi connectivity index (χ2v) is 5.58. The first-order valence-corrected chi connectivity index (χ1v) is 5.50. The molecule has 0 fully saturated rings. The van der Waals surface area contributed by atoms with Crippen LogP contribution in [-0.2, 0) is 0 Å². The number of aryl methyl sites for hydroxylation is 2. The summed E-state index contributed by atoms with van der Waals surface area (Å²) < 4.78 is 13.4. The second-order valence-electron chi connectivity index (χ2n) is 5.58. The summed E-state index contributed by atoms with van der Waals surface area (Å²) in [7, 11) is 0. The SMILES string of the molecule is Cc1cc(C(=O)CC(C)(C)C)cc(C)c1F. The summed E-state index contributed by atoms with van der Waals surface area (Å²) >= 11 is 0. The number of benzene rings is 1. The van der Waals surface area contributed by atoms with E-state index >= 15 is 0 Å². The van der Waals surface area contributed by atoms with Crippen molar-refractivity contribution in [2.75, 3.05) is 0 Å². The van der Waals surface area contributed by atoms with E-state index in [1.807, 2.05) is 20.8 Å². The Morgan fingerprint density at radius 3 is 2.00 bits per heavy atom. The molecule has 88 valence electrons. The largest absolute Gasteiger partial charge is 0.294 e. The summed E-state index contributed by atoms with van der Waals surface area (Å²) in [6, 6.07) is 3.27. The zero-order valence-corrected chi connectivity index (χ0v) is 10.6. The van der Waals surface area contributed by atoms with Crippen LogP contribution >= 0.6 is 0 Å². The van der Waals surface area contributed by atoms with Crippen LogP contribution < -0.4 is 0 Å². The summed E-state index contributed by atoms with van der Waals surface area (Å²) in [5.41, 5.74) is 1.66. The van der Waals surface area contributed by atoms with E-state index < -0.39 is 0 Å². The van der Waals surface area contributed by atoms with E-state index in [1.54, 1.807) is 26.0 Å². The van der Waals surface area contributed by atoms with Gasteiger partial charge < -0.3 is 0 Å². The molecule has 1 rings (SSSR count). The second kappa shape index (κ2) is 4.36. The molecule has 0 N–H and O–H groups in total. The standard InChI is InChI=1S/C14H19FO/c1-9-6-11(7-10(2)13(9)15)12(16)8-14(3,4)5/h6-7H,8H2,1-5H3. The van der Waals surface area contributed by atoms with Gasteiger partial charge >= 0.3 is 0 Å². The molecule has 0 aliphatic rings. The van der Waals surface area contributed by atoms with Crippen LogP contribution in [0.4, 0.5) is 4.39 Å². The maximum absolute atomic E-state index is 13.4. The molecule has 0 aliphatic heterocycles. The van der Waals surface area contributed by atoms with Crippen LogP contribution in [0.5, 0.6) is 0 Å². The topological polar surface area (TPSA) is 17.1 Å². The van der Waals surface area contributed by atoms with Gasteiger partial charge in [0.25, 0.3) is 0 Å². The van der Waals surface area contributed by atoms with Gasteiger partial charge in [0.15, 0.2) is 5.78 Å². The third-order valence-corrected chi connectivity index (χ3v) is 2.45. The Morgan fingerprint density at radius 2 is 1.62 bits per heavy atom. The monoisotopic (exact) mass is 222 g/mol. The molecule has 0 amide bonds. The van der Waals surface area contributed by atoms with E-state index in [0.29, 0.717) is 23.1 Å². The lowest BCUT2D eigenvalue weighted by molar-refractivity contribution is 0.0939. The number of ketones is 1. The number of rotatable bonds is 2. The first-order chi connectivity index (χ1) is 7.20. The molecule has 1 aromatic carbocycles. The molecule has 1 aromatic rings. The summed E-state index contributed by atoms with van der Waals surface area (Å²) in [6.45, 7) is 9.45. The van der Waals surface area contributed by atoms with Crippen molar-refractivity contribution >= 4 is 5.78 Å². The first-order valence-electron chi connectivity index (χ1n) is 5.50. The molecule has 2 heteroatoms. The highest BCUT2D eigenvalue weighted by molar-refractivity contribution is 5.96. The molecular formula is C14H19FO. The number of carbonyl (C=O) groups is 1. The van der Waals surface area contributed by atoms with E-state index in [9.17, 15) is 9.18 Å². The van der Waals surface area contributed by atoms with Crippen LogP contribution in [0, 0.1) is 25.1 Å². The zero-order chi connectivity index (χ0) is 12.5. The van der Waals surface area contributed by atoms with Gasteiger partial charge in [-0.05, 0) is 42.5 Å². The Bertz CT molecular complexity index is 390. The van der Waals surface area contributed by atoms with Gasteiger partial charge in [0.2, 0.25) is 0 Å². The highest BCUT2D eigenvalue weighted by atomic mass is 19.1. The fourth-order valence-corrected chi connectivity index (χ4v) is 1.69. The van der Waals surface area contributed by atoms with Gasteiger partial charge in [-0.1, -0.05) is 20.8 Å². The van der Waals surface area contributed by atoms with Crippen LogP contribution in [0.1, 0.15) is 48.7 Å². The molecule has 0 aliphatic carbocycles. The molecule has 0 unspecified atom stereocenters. The molecule has 0 spiro atoms. The van der Waals surface area contributed by atoms with Crippen molar-refractivity contribution in [2.45, 2.75) is 41.0 Å². The Hall–Kier alpha value is -1.18. The fraction of sp³-hybridized carbons (Fsp3) is 0.500. The molecule has 0 heterocycles. The Morgan fingerprint density at radius 1 is 1.19 bits per heavy atom. The Balaban J connectivity index is 3.02. The number of Topliss-reactive ketones (excluding diaryl/α,β-unsaturated/α-hetero) is 1. The lowest BCUT2D eigenvalue weighted by atomic mass is 9.87. The minimum Gasteiger partial charge on any atom is -0.294 e. The average molecular weight is 222 g/mol. The predicted molar refractivity (Wildman–Crippen MR) is 64.3 cm³/mol. The van der Waals surface area contributed by atoms with Gasteiger partial charge in [0.1, 0.15) is 5.82 Å². The number of hydrogen-bond donors (Lipinski definition) is 0. The summed E-state index contributed by atoms with van der Waals surface area (Å²) in [5, 5.41) is 0. The molecule has 0 atom stereocenters. The number of halogens is 1. The van der Waals surface area contributed by atoms with Crippen molar-refractivity contribution < 1.29 is 9.18 Å². The van der Waals surface area contributed by atoms with E-state index in [2.05, 4.69) is 0 Å². The quantitative estimate of drug-likeness (QED) is 0.689. The third kappa shape index (κ3) is 3.16. The zero-order valence-electron chi connectivity index (χ0n) is 10.6. The predicted octanol–water partition coefficient (Wildman–Crippen LogP) is 4.06. The molecule has 16 heavy (non-hydrogen) atoms. The van der Waals surface area contributed by atoms with E-state index in [-0.39, 0.29) is 17.0 Å². The van der Waals surface area contributed by atoms with Crippen molar-refractivity contribution in [1.82, 2.24) is 0 Å². The van der Waals surface area contributed by atoms with Crippen molar-refractivity contribution in [3.8, 4) is 0 Å². The van der Waals surface area contributed by atoms with E-state index in [1.165, 1.54) is 0 Å². The van der Waals surface area contributed by atoms with Gasteiger partial charge in [-0.25, -0.2) is 4.39 Å². The molecule has 0 bridgehead atoms. The van der Waals surface area contributed by atoms with Gasteiger partial charge in [-0.2, -0.15) is 0 Å².